The molecule has 2 atom stereocenters. The predicted molar refractivity (Wildman–Crippen MR) is 90.5 cm³/mol. The Kier molecular flexibility index (Phi) is 4.81. The Balaban J connectivity index is 1.64. The molecule has 25 heavy (non-hydrogen) atoms. The largest absolute Gasteiger partial charge is 0.339 e. The summed E-state index contributed by atoms with van der Waals surface area (Å²) in [7, 11) is 1.53. The van der Waals surface area contributed by atoms with Crippen LogP contribution >= 0.6 is 0 Å². The molecule has 0 aromatic carbocycles. The van der Waals surface area contributed by atoms with Crippen molar-refractivity contribution < 1.29 is 14.1 Å². The van der Waals surface area contributed by atoms with Crippen LogP contribution in [-0.4, -0.2) is 57.6 Å². The molecule has 3 heterocycles. The van der Waals surface area contributed by atoms with Crippen molar-refractivity contribution in [3.8, 4) is 0 Å². The van der Waals surface area contributed by atoms with Crippen molar-refractivity contribution in [2.24, 2.45) is 11.8 Å². The summed E-state index contributed by atoms with van der Waals surface area (Å²) in [6.45, 7) is 8.32. The third-order valence-electron chi connectivity index (χ3n) is 5.20. The van der Waals surface area contributed by atoms with Gasteiger partial charge in [-0.2, -0.15) is 4.98 Å². The molecule has 1 aromatic heterocycles. The number of imide groups is 1. The highest BCUT2D eigenvalue weighted by molar-refractivity contribution is 6.06. The van der Waals surface area contributed by atoms with Crippen molar-refractivity contribution in [2.45, 2.75) is 52.1 Å². The number of nitrogens with zero attached hydrogens (tertiary/aromatic N) is 4. The number of hydrogen-bond acceptors (Lipinski definition) is 6. The summed E-state index contributed by atoms with van der Waals surface area (Å²) in [5, 5.41) is 6.94. The monoisotopic (exact) mass is 349 g/mol. The first kappa shape index (κ1) is 17.8. The number of aromatic nitrogens is 2. The van der Waals surface area contributed by atoms with E-state index >= 15 is 0 Å². The highest BCUT2D eigenvalue weighted by Crippen LogP contribution is 2.32. The zero-order chi connectivity index (χ0) is 18.2. The molecule has 2 saturated heterocycles. The lowest BCUT2D eigenvalue weighted by Crippen LogP contribution is -2.55. The molecule has 8 nitrogen and oxygen atoms in total. The molecule has 1 aromatic rings. The number of carbonyl (C=O) groups is 2. The summed E-state index contributed by atoms with van der Waals surface area (Å²) < 4.78 is 5.30. The molecule has 0 saturated carbocycles. The van der Waals surface area contributed by atoms with Crippen LogP contribution in [0.3, 0.4) is 0 Å². The van der Waals surface area contributed by atoms with E-state index in [2.05, 4.69) is 34.2 Å². The molecule has 0 bridgehead atoms. The quantitative estimate of drug-likeness (QED) is 0.809. The third kappa shape index (κ3) is 3.53. The van der Waals surface area contributed by atoms with Crippen molar-refractivity contribution in [3.05, 3.63) is 11.7 Å². The van der Waals surface area contributed by atoms with Gasteiger partial charge in [0, 0.05) is 25.9 Å². The number of carbonyl (C=O) groups excluding carboxylic acids is 2. The van der Waals surface area contributed by atoms with Crippen molar-refractivity contribution in [1.82, 2.24) is 25.3 Å². The Labute approximate surface area is 147 Å². The fourth-order valence-electron chi connectivity index (χ4n) is 3.73. The zero-order valence-electron chi connectivity index (χ0n) is 15.4. The topological polar surface area (TPSA) is 91.6 Å². The third-order valence-corrected chi connectivity index (χ3v) is 5.20. The smallest absolute Gasteiger partial charge is 0.324 e. The predicted octanol–water partition coefficient (Wildman–Crippen LogP) is 1.42. The Morgan fingerprint density at radius 2 is 2.16 bits per heavy atom. The lowest BCUT2D eigenvalue weighted by Gasteiger charge is -2.39. The van der Waals surface area contributed by atoms with E-state index in [4.69, 9.17) is 4.52 Å². The lowest BCUT2D eigenvalue weighted by atomic mass is 9.80. The Bertz CT molecular complexity index is 658. The van der Waals surface area contributed by atoms with Crippen LogP contribution in [0.25, 0.3) is 0 Å². The number of piperidine rings is 1. The molecule has 8 heteroatoms. The van der Waals surface area contributed by atoms with Crippen molar-refractivity contribution in [1.29, 1.82) is 0 Å². The first-order chi connectivity index (χ1) is 11.8. The minimum absolute atomic E-state index is 0.0738. The van der Waals surface area contributed by atoms with Crippen LogP contribution in [0.1, 0.15) is 45.3 Å². The van der Waals surface area contributed by atoms with E-state index in [1.165, 1.54) is 11.9 Å². The van der Waals surface area contributed by atoms with Gasteiger partial charge in [-0.25, -0.2) is 4.79 Å². The van der Waals surface area contributed by atoms with Crippen LogP contribution in [0, 0.1) is 11.8 Å². The van der Waals surface area contributed by atoms with E-state index in [-0.39, 0.29) is 17.9 Å². The number of hydrogen-bond donors (Lipinski definition) is 1. The highest BCUT2D eigenvalue weighted by atomic mass is 16.5. The minimum atomic E-state index is -0.829. The van der Waals surface area contributed by atoms with Crippen LogP contribution in [0.2, 0.25) is 0 Å². The summed E-state index contributed by atoms with van der Waals surface area (Å²) in [5.74, 6) is 1.75. The van der Waals surface area contributed by atoms with E-state index in [0.29, 0.717) is 24.2 Å². The first-order valence-corrected chi connectivity index (χ1v) is 8.93. The van der Waals surface area contributed by atoms with Gasteiger partial charge in [0.25, 0.3) is 5.91 Å². The van der Waals surface area contributed by atoms with Gasteiger partial charge in [-0.15, -0.1) is 0 Å². The summed E-state index contributed by atoms with van der Waals surface area (Å²) in [6, 6.07) is -0.318. The molecule has 3 rings (SSSR count). The molecule has 2 fully saturated rings. The number of amides is 3. The van der Waals surface area contributed by atoms with E-state index in [9.17, 15) is 9.59 Å². The van der Waals surface area contributed by atoms with Gasteiger partial charge in [-0.05, 0) is 32.2 Å². The van der Waals surface area contributed by atoms with Gasteiger partial charge in [0.2, 0.25) is 5.89 Å². The molecular formula is C17H27N5O3. The standard InChI is InChI=1S/C17H27N5O3/c1-11(2)8-14-18-13(20-25-14)10-22-7-5-6-12(9-22)17(3)15(23)21(4)16(24)19-17/h11-12H,5-10H2,1-4H3,(H,19,24)/t12-,17+/m0/s1. The molecule has 1 N–H and O–H groups in total. The summed E-state index contributed by atoms with van der Waals surface area (Å²) in [4.78, 5) is 32.2. The van der Waals surface area contributed by atoms with Crippen LogP contribution in [0.5, 0.6) is 0 Å². The van der Waals surface area contributed by atoms with Gasteiger partial charge in [-0.3, -0.25) is 14.6 Å². The average Bonchev–Trinajstić information content (AvgIpc) is 3.06. The molecule has 0 radical (unpaired) electrons. The van der Waals surface area contributed by atoms with E-state index in [0.717, 1.165) is 32.4 Å². The van der Waals surface area contributed by atoms with E-state index in [1.54, 1.807) is 0 Å². The fraction of sp³-hybridized carbons (Fsp3) is 0.765. The van der Waals surface area contributed by atoms with Gasteiger partial charge >= 0.3 is 6.03 Å². The van der Waals surface area contributed by atoms with Crippen LogP contribution in [-0.2, 0) is 17.8 Å². The maximum absolute atomic E-state index is 12.5. The molecular weight excluding hydrogens is 322 g/mol. The van der Waals surface area contributed by atoms with Gasteiger partial charge in [0.15, 0.2) is 5.82 Å². The maximum atomic E-state index is 12.5. The number of likely N-dealkylation sites (tertiary alicyclic amines) is 1. The van der Waals surface area contributed by atoms with E-state index < -0.39 is 5.54 Å². The molecule has 0 unspecified atom stereocenters. The fourth-order valence-corrected chi connectivity index (χ4v) is 3.73. The maximum Gasteiger partial charge on any atom is 0.324 e. The Hall–Kier alpha value is -1.96. The highest BCUT2D eigenvalue weighted by Gasteiger charge is 2.51. The molecule has 2 aliphatic heterocycles. The molecule has 2 aliphatic rings. The number of rotatable bonds is 5. The number of likely N-dealkylation sites (N-methyl/N-ethyl adjacent to an activating group) is 1. The average molecular weight is 349 g/mol. The van der Waals surface area contributed by atoms with E-state index in [1.807, 2.05) is 6.92 Å². The van der Waals surface area contributed by atoms with Crippen LogP contribution < -0.4 is 5.32 Å². The lowest BCUT2D eigenvalue weighted by molar-refractivity contribution is -0.132. The molecule has 3 amide bonds. The zero-order valence-corrected chi connectivity index (χ0v) is 15.4. The summed E-state index contributed by atoms with van der Waals surface area (Å²) >= 11 is 0. The number of nitrogens with one attached hydrogen (secondary N) is 1. The normalized spacial score (nSPS) is 28.0. The molecule has 138 valence electrons. The second-order valence-electron chi connectivity index (χ2n) is 7.77. The first-order valence-electron chi connectivity index (χ1n) is 8.93. The second kappa shape index (κ2) is 6.74. The summed E-state index contributed by atoms with van der Waals surface area (Å²) in [6.07, 6.45) is 2.67. The van der Waals surface area contributed by atoms with Crippen LogP contribution in [0.4, 0.5) is 4.79 Å². The molecule has 0 spiro atoms. The summed E-state index contributed by atoms with van der Waals surface area (Å²) in [5.41, 5.74) is -0.829. The van der Waals surface area contributed by atoms with Gasteiger partial charge in [0.1, 0.15) is 5.54 Å². The van der Waals surface area contributed by atoms with Crippen molar-refractivity contribution in [2.75, 3.05) is 20.1 Å². The van der Waals surface area contributed by atoms with Crippen molar-refractivity contribution >= 4 is 11.9 Å². The van der Waals surface area contributed by atoms with Gasteiger partial charge in [0.05, 0.1) is 6.54 Å². The minimum Gasteiger partial charge on any atom is -0.339 e. The SMILES string of the molecule is CC(C)Cc1nc(CN2CCC[C@H]([C@@]3(C)NC(=O)N(C)C3=O)C2)no1. The Morgan fingerprint density at radius 1 is 1.40 bits per heavy atom. The van der Waals surface area contributed by atoms with Gasteiger partial charge in [-0.1, -0.05) is 19.0 Å². The van der Waals surface area contributed by atoms with Crippen molar-refractivity contribution in [3.63, 3.8) is 0 Å². The second-order valence-corrected chi connectivity index (χ2v) is 7.77. The van der Waals surface area contributed by atoms with Gasteiger partial charge < -0.3 is 9.84 Å². The Morgan fingerprint density at radius 3 is 2.80 bits per heavy atom. The number of urea groups is 1. The van der Waals surface area contributed by atoms with Crippen LogP contribution in [0.15, 0.2) is 4.52 Å². The molecule has 0 aliphatic carbocycles.